The summed E-state index contributed by atoms with van der Waals surface area (Å²) >= 11 is 0. The van der Waals surface area contributed by atoms with E-state index in [4.69, 9.17) is 5.11 Å². The molecule has 0 aliphatic rings. The van der Waals surface area contributed by atoms with Crippen LogP contribution in [0.1, 0.15) is 22.5 Å². The monoisotopic (exact) mass is 256 g/mol. The second kappa shape index (κ2) is 5.10. The molecule has 0 fully saturated rings. The van der Waals surface area contributed by atoms with E-state index in [-0.39, 0.29) is 0 Å². The van der Waals surface area contributed by atoms with E-state index in [0.29, 0.717) is 5.82 Å². The van der Waals surface area contributed by atoms with Gasteiger partial charge in [0.25, 0.3) is 0 Å². The molecule has 0 radical (unpaired) electrons. The van der Waals surface area contributed by atoms with Gasteiger partial charge in [0.2, 0.25) is 0 Å². The Hall–Kier alpha value is -2.36. The van der Waals surface area contributed by atoms with Gasteiger partial charge in [0.1, 0.15) is 5.82 Å². The van der Waals surface area contributed by atoms with Crippen molar-refractivity contribution in [3.63, 3.8) is 0 Å². The van der Waals surface area contributed by atoms with Crippen LogP contribution in [0.5, 0.6) is 0 Å². The van der Waals surface area contributed by atoms with Crippen LogP contribution in [0.15, 0.2) is 24.4 Å². The number of H-pyrrole nitrogens is 1. The Morgan fingerprint density at radius 1 is 1.26 bits per heavy atom. The zero-order valence-corrected chi connectivity index (χ0v) is 11.2. The molecule has 1 aromatic heterocycles. The van der Waals surface area contributed by atoms with Crippen molar-refractivity contribution in [1.82, 2.24) is 9.97 Å². The van der Waals surface area contributed by atoms with Crippen LogP contribution >= 0.6 is 0 Å². The van der Waals surface area contributed by atoms with E-state index in [1.165, 1.54) is 22.8 Å². The molecule has 19 heavy (non-hydrogen) atoms. The number of aromatic nitrogens is 2. The zero-order valence-electron chi connectivity index (χ0n) is 11.2. The van der Waals surface area contributed by atoms with Crippen LogP contribution in [0, 0.1) is 20.8 Å². The van der Waals surface area contributed by atoms with Gasteiger partial charge in [-0.2, -0.15) is 0 Å². The standard InChI is InChI=1S/C15H16N2O2/c1-9-6-10(2)15(11(3)7-9)12-8-16-13(17-12)4-5-14(18)19/h4-8H,1-3H3,(H,16,17)(H,18,19)/b5-4+. The quantitative estimate of drug-likeness (QED) is 0.829. The summed E-state index contributed by atoms with van der Waals surface area (Å²) < 4.78 is 0. The van der Waals surface area contributed by atoms with Gasteiger partial charge in [-0.25, -0.2) is 9.78 Å². The Morgan fingerprint density at radius 2 is 1.89 bits per heavy atom. The molecule has 4 heteroatoms. The number of hydrogen-bond donors (Lipinski definition) is 2. The molecule has 0 bridgehead atoms. The molecule has 1 aromatic carbocycles. The highest BCUT2D eigenvalue weighted by molar-refractivity contribution is 5.84. The van der Waals surface area contributed by atoms with Gasteiger partial charge in [-0.3, -0.25) is 0 Å². The molecule has 0 saturated heterocycles. The second-order valence-corrected chi connectivity index (χ2v) is 4.63. The molecule has 0 amide bonds. The minimum atomic E-state index is -0.986. The van der Waals surface area contributed by atoms with Gasteiger partial charge in [0.05, 0.1) is 11.9 Å². The van der Waals surface area contributed by atoms with Crippen molar-refractivity contribution in [1.29, 1.82) is 0 Å². The first kappa shape index (κ1) is 13.1. The van der Waals surface area contributed by atoms with Gasteiger partial charge in [0, 0.05) is 11.6 Å². The average Bonchev–Trinajstić information content (AvgIpc) is 2.73. The van der Waals surface area contributed by atoms with E-state index in [9.17, 15) is 4.79 Å². The van der Waals surface area contributed by atoms with Crippen molar-refractivity contribution in [2.24, 2.45) is 0 Å². The second-order valence-electron chi connectivity index (χ2n) is 4.63. The highest BCUT2D eigenvalue weighted by atomic mass is 16.4. The minimum Gasteiger partial charge on any atom is -0.478 e. The van der Waals surface area contributed by atoms with Crippen LogP contribution in [0.2, 0.25) is 0 Å². The fourth-order valence-electron chi connectivity index (χ4n) is 2.30. The van der Waals surface area contributed by atoms with Crippen molar-refractivity contribution in [3.8, 4) is 11.3 Å². The van der Waals surface area contributed by atoms with Gasteiger partial charge < -0.3 is 10.1 Å². The van der Waals surface area contributed by atoms with Crippen LogP contribution in [-0.4, -0.2) is 21.0 Å². The molecule has 0 saturated carbocycles. The first-order valence-corrected chi connectivity index (χ1v) is 6.01. The number of carbonyl (C=O) groups is 1. The van der Waals surface area contributed by atoms with E-state index in [2.05, 4.69) is 42.9 Å². The van der Waals surface area contributed by atoms with Crippen molar-refractivity contribution in [2.45, 2.75) is 20.8 Å². The number of benzene rings is 1. The Morgan fingerprint density at radius 3 is 2.47 bits per heavy atom. The largest absolute Gasteiger partial charge is 0.478 e. The molecule has 1 heterocycles. The smallest absolute Gasteiger partial charge is 0.328 e. The number of aryl methyl sites for hydroxylation is 3. The van der Waals surface area contributed by atoms with Crippen LogP contribution in [0.4, 0.5) is 0 Å². The maximum atomic E-state index is 10.5. The Labute approximate surface area is 111 Å². The highest BCUT2D eigenvalue weighted by Gasteiger charge is 2.09. The van der Waals surface area contributed by atoms with E-state index in [1.54, 1.807) is 6.20 Å². The highest BCUT2D eigenvalue weighted by Crippen LogP contribution is 2.27. The first-order chi connectivity index (χ1) is 8.97. The predicted octanol–water partition coefficient (Wildman–Crippen LogP) is 3.10. The zero-order chi connectivity index (χ0) is 14.0. The summed E-state index contributed by atoms with van der Waals surface area (Å²) in [5, 5.41) is 8.59. The average molecular weight is 256 g/mol. The van der Waals surface area contributed by atoms with Gasteiger partial charge in [0.15, 0.2) is 0 Å². The molecule has 2 N–H and O–H groups in total. The third kappa shape index (κ3) is 2.91. The van der Waals surface area contributed by atoms with Crippen LogP contribution in [0.3, 0.4) is 0 Å². The van der Waals surface area contributed by atoms with Crippen molar-refractivity contribution < 1.29 is 9.90 Å². The lowest BCUT2D eigenvalue weighted by Crippen LogP contribution is -1.90. The minimum absolute atomic E-state index is 0.539. The number of nitrogens with zero attached hydrogens (tertiary/aromatic N) is 1. The molecule has 2 aromatic rings. The maximum absolute atomic E-state index is 10.5. The summed E-state index contributed by atoms with van der Waals surface area (Å²) in [6.07, 6.45) is 4.24. The van der Waals surface area contributed by atoms with Crippen LogP contribution in [0.25, 0.3) is 17.3 Å². The lowest BCUT2D eigenvalue weighted by molar-refractivity contribution is -0.131. The fraction of sp³-hybridized carbons (Fsp3) is 0.200. The van der Waals surface area contributed by atoms with Gasteiger partial charge in [-0.15, -0.1) is 0 Å². The Bertz CT molecular complexity index is 631. The topological polar surface area (TPSA) is 66.0 Å². The molecule has 0 unspecified atom stereocenters. The summed E-state index contributed by atoms with van der Waals surface area (Å²) in [6, 6.07) is 4.24. The molecule has 0 spiro atoms. The fourth-order valence-corrected chi connectivity index (χ4v) is 2.30. The van der Waals surface area contributed by atoms with Crippen molar-refractivity contribution >= 4 is 12.0 Å². The molecule has 0 atom stereocenters. The lowest BCUT2D eigenvalue weighted by atomic mass is 9.98. The van der Waals surface area contributed by atoms with Gasteiger partial charge in [-0.05, 0) is 38.0 Å². The number of carboxylic acids is 1. The molecule has 2 rings (SSSR count). The lowest BCUT2D eigenvalue weighted by Gasteiger charge is -2.09. The molecule has 0 aliphatic carbocycles. The number of nitrogens with one attached hydrogen (secondary N) is 1. The first-order valence-electron chi connectivity index (χ1n) is 6.01. The summed E-state index contributed by atoms with van der Waals surface area (Å²) in [4.78, 5) is 17.8. The molecule has 98 valence electrons. The summed E-state index contributed by atoms with van der Waals surface area (Å²) in [5.74, 6) is -0.447. The van der Waals surface area contributed by atoms with Crippen molar-refractivity contribution in [2.75, 3.05) is 0 Å². The normalized spacial score (nSPS) is 11.1. The Balaban J connectivity index is 2.41. The predicted molar refractivity (Wildman–Crippen MR) is 74.9 cm³/mol. The van der Waals surface area contributed by atoms with E-state index in [0.717, 1.165) is 17.3 Å². The summed E-state index contributed by atoms with van der Waals surface area (Å²) in [6.45, 7) is 6.18. The van der Waals surface area contributed by atoms with Crippen molar-refractivity contribution in [3.05, 3.63) is 46.9 Å². The molecule has 4 nitrogen and oxygen atoms in total. The number of aliphatic carboxylic acids is 1. The maximum Gasteiger partial charge on any atom is 0.328 e. The van der Waals surface area contributed by atoms with E-state index >= 15 is 0 Å². The molecular weight excluding hydrogens is 240 g/mol. The number of carboxylic acid groups (broad SMARTS) is 1. The SMILES string of the molecule is Cc1cc(C)c(-c2cnc(/C=C/C(=O)O)[nH]2)c(C)c1. The third-order valence-electron chi connectivity index (χ3n) is 2.93. The van der Waals surface area contributed by atoms with E-state index < -0.39 is 5.97 Å². The Kier molecular flexibility index (Phi) is 3.51. The van der Waals surface area contributed by atoms with Gasteiger partial charge >= 0.3 is 5.97 Å². The number of hydrogen-bond acceptors (Lipinski definition) is 2. The number of rotatable bonds is 3. The summed E-state index contributed by atoms with van der Waals surface area (Å²) in [7, 11) is 0. The van der Waals surface area contributed by atoms with E-state index in [1.807, 2.05) is 0 Å². The van der Waals surface area contributed by atoms with Gasteiger partial charge in [-0.1, -0.05) is 17.7 Å². The van der Waals surface area contributed by atoms with Crippen LogP contribution < -0.4 is 0 Å². The number of imidazole rings is 1. The van der Waals surface area contributed by atoms with Crippen LogP contribution in [-0.2, 0) is 4.79 Å². The number of aromatic amines is 1. The third-order valence-corrected chi connectivity index (χ3v) is 2.93. The molecular formula is C15H16N2O2. The molecule has 0 aliphatic heterocycles. The summed E-state index contributed by atoms with van der Waals surface area (Å²) in [5.41, 5.74) is 5.60.